The molecule has 3 N–H and O–H groups in total. The molecule has 3 rings (SSSR count). The van der Waals surface area contributed by atoms with Crippen LogP contribution in [0.1, 0.15) is 13.3 Å². The zero-order valence-corrected chi connectivity index (χ0v) is 11.3. The molecule has 0 amide bonds. The van der Waals surface area contributed by atoms with E-state index in [0.29, 0.717) is 0 Å². The van der Waals surface area contributed by atoms with Gasteiger partial charge >= 0.3 is 0 Å². The van der Waals surface area contributed by atoms with Crippen molar-refractivity contribution in [2.75, 3.05) is 13.1 Å². The average Bonchev–Trinajstić information content (AvgIpc) is 2.74. The number of fused-ring (bicyclic) bond motifs is 1. The number of aromatic nitrogens is 1. The molecule has 1 aliphatic heterocycles. The third-order valence-corrected chi connectivity index (χ3v) is 5.04. The number of thioether (sulfide) groups is 1. The summed E-state index contributed by atoms with van der Waals surface area (Å²) in [6.07, 6.45) is 0.810. The Morgan fingerprint density at radius 1 is 1.39 bits per heavy atom. The zero-order valence-electron chi connectivity index (χ0n) is 10.4. The normalized spacial score (nSPS) is 28.7. The number of nitrogens with one attached hydrogen (secondary N) is 2. The van der Waals surface area contributed by atoms with Gasteiger partial charge in [-0.15, -0.1) is 11.8 Å². The minimum atomic E-state index is -0.590. The van der Waals surface area contributed by atoms with Gasteiger partial charge in [-0.2, -0.15) is 0 Å². The molecule has 3 nitrogen and oxygen atoms in total. The van der Waals surface area contributed by atoms with Gasteiger partial charge in [-0.25, -0.2) is 0 Å². The molecule has 0 aliphatic carbocycles. The fourth-order valence-electron chi connectivity index (χ4n) is 2.39. The SMILES string of the molecule is CC1(O)CCNCC1Sc1cc2ccccc2[nH]1. The molecule has 0 saturated carbocycles. The lowest BCUT2D eigenvalue weighted by molar-refractivity contribution is 0.0355. The molecule has 0 radical (unpaired) electrons. The van der Waals surface area contributed by atoms with Crippen LogP contribution in [0.15, 0.2) is 35.4 Å². The minimum Gasteiger partial charge on any atom is -0.389 e. The number of H-pyrrole nitrogens is 1. The van der Waals surface area contributed by atoms with Gasteiger partial charge < -0.3 is 15.4 Å². The van der Waals surface area contributed by atoms with Gasteiger partial charge in [0.15, 0.2) is 0 Å². The highest BCUT2D eigenvalue weighted by Crippen LogP contribution is 2.34. The van der Waals surface area contributed by atoms with E-state index >= 15 is 0 Å². The van der Waals surface area contributed by atoms with Gasteiger partial charge in [-0.3, -0.25) is 0 Å². The highest BCUT2D eigenvalue weighted by molar-refractivity contribution is 8.00. The van der Waals surface area contributed by atoms with Crippen LogP contribution >= 0.6 is 11.8 Å². The van der Waals surface area contributed by atoms with Gasteiger partial charge in [0.25, 0.3) is 0 Å². The van der Waals surface area contributed by atoms with E-state index in [1.807, 2.05) is 19.1 Å². The van der Waals surface area contributed by atoms with E-state index in [1.165, 1.54) is 5.39 Å². The van der Waals surface area contributed by atoms with E-state index in [-0.39, 0.29) is 5.25 Å². The summed E-state index contributed by atoms with van der Waals surface area (Å²) in [5.41, 5.74) is 0.566. The van der Waals surface area contributed by atoms with Crippen LogP contribution in [0.4, 0.5) is 0 Å². The third kappa shape index (κ3) is 2.28. The summed E-state index contributed by atoms with van der Waals surface area (Å²) in [7, 11) is 0. The molecule has 1 fully saturated rings. The minimum absolute atomic E-state index is 0.194. The van der Waals surface area contributed by atoms with Crippen molar-refractivity contribution in [1.82, 2.24) is 10.3 Å². The molecule has 1 aromatic heterocycles. The Morgan fingerprint density at radius 2 is 2.22 bits per heavy atom. The lowest BCUT2D eigenvalue weighted by atomic mass is 9.94. The van der Waals surface area contributed by atoms with Crippen molar-refractivity contribution in [1.29, 1.82) is 0 Å². The number of rotatable bonds is 2. The van der Waals surface area contributed by atoms with Gasteiger partial charge in [0.1, 0.15) is 0 Å². The molecule has 1 saturated heterocycles. The van der Waals surface area contributed by atoms with Crippen molar-refractivity contribution < 1.29 is 5.11 Å². The van der Waals surface area contributed by atoms with E-state index < -0.39 is 5.60 Å². The molecule has 96 valence electrons. The van der Waals surface area contributed by atoms with Crippen molar-refractivity contribution in [3.63, 3.8) is 0 Å². The average molecular weight is 262 g/mol. The van der Waals surface area contributed by atoms with Crippen molar-refractivity contribution in [3.8, 4) is 0 Å². The van der Waals surface area contributed by atoms with Crippen LogP contribution in [-0.2, 0) is 0 Å². The Kier molecular flexibility index (Phi) is 3.09. The largest absolute Gasteiger partial charge is 0.389 e. The van der Waals surface area contributed by atoms with Crippen LogP contribution in [0.5, 0.6) is 0 Å². The van der Waals surface area contributed by atoms with E-state index in [1.54, 1.807) is 11.8 Å². The van der Waals surface area contributed by atoms with Crippen LogP contribution in [0.2, 0.25) is 0 Å². The number of hydrogen-bond acceptors (Lipinski definition) is 3. The molecular formula is C14H18N2OS. The van der Waals surface area contributed by atoms with E-state index in [0.717, 1.165) is 30.1 Å². The number of aliphatic hydroxyl groups is 1. The number of aromatic amines is 1. The Balaban J connectivity index is 1.83. The second-order valence-corrected chi connectivity index (χ2v) is 6.38. The maximum absolute atomic E-state index is 10.4. The first-order valence-electron chi connectivity index (χ1n) is 6.33. The van der Waals surface area contributed by atoms with Crippen molar-refractivity contribution in [2.24, 2.45) is 0 Å². The van der Waals surface area contributed by atoms with Crippen molar-refractivity contribution in [3.05, 3.63) is 30.3 Å². The molecule has 2 unspecified atom stereocenters. The van der Waals surface area contributed by atoms with E-state index in [4.69, 9.17) is 0 Å². The number of benzene rings is 1. The maximum Gasteiger partial charge on any atom is 0.0766 e. The van der Waals surface area contributed by atoms with Gasteiger partial charge in [0, 0.05) is 17.4 Å². The summed E-state index contributed by atoms with van der Waals surface area (Å²) in [4.78, 5) is 3.40. The molecular weight excluding hydrogens is 244 g/mol. The quantitative estimate of drug-likeness (QED) is 0.779. The number of para-hydroxylation sites is 1. The number of hydrogen-bond donors (Lipinski definition) is 3. The number of piperidine rings is 1. The second kappa shape index (κ2) is 4.61. The van der Waals surface area contributed by atoms with E-state index in [2.05, 4.69) is 28.5 Å². The lowest BCUT2D eigenvalue weighted by Gasteiger charge is -2.36. The second-order valence-electron chi connectivity index (χ2n) is 5.14. The van der Waals surface area contributed by atoms with E-state index in [9.17, 15) is 5.11 Å². The zero-order chi connectivity index (χ0) is 12.6. The summed E-state index contributed by atoms with van der Waals surface area (Å²) in [6, 6.07) is 10.4. The highest BCUT2D eigenvalue weighted by atomic mass is 32.2. The first-order chi connectivity index (χ1) is 8.65. The van der Waals surface area contributed by atoms with Crippen LogP contribution < -0.4 is 5.32 Å². The van der Waals surface area contributed by atoms with Crippen LogP contribution in [0.25, 0.3) is 10.9 Å². The molecule has 18 heavy (non-hydrogen) atoms. The molecule has 0 bridgehead atoms. The lowest BCUT2D eigenvalue weighted by Crippen LogP contribution is -2.50. The standard InChI is InChI=1S/C14H18N2OS/c1-14(17)6-7-15-9-12(14)18-13-8-10-4-2-3-5-11(10)16-13/h2-5,8,12,15-17H,6-7,9H2,1H3. The first-order valence-corrected chi connectivity index (χ1v) is 7.21. The summed E-state index contributed by atoms with van der Waals surface area (Å²) in [6.45, 7) is 3.69. The molecule has 2 atom stereocenters. The topological polar surface area (TPSA) is 48.0 Å². The van der Waals surface area contributed by atoms with Crippen LogP contribution in [0.3, 0.4) is 0 Å². The van der Waals surface area contributed by atoms with Gasteiger partial charge in [0.2, 0.25) is 0 Å². The van der Waals surface area contributed by atoms with Crippen LogP contribution in [-0.4, -0.2) is 34.0 Å². The molecule has 4 heteroatoms. The van der Waals surface area contributed by atoms with Crippen LogP contribution in [0, 0.1) is 0 Å². The van der Waals surface area contributed by atoms with Gasteiger partial charge in [0.05, 0.1) is 15.9 Å². The summed E-state index contributed by atoms with van der Waals surface area (Å²) in [5, 5.41) is 16.3. The summed E-state index contributed by atoms with van der Waals surface area (Å²) >= 11 is 1.73. The Hall–Kier alpha value is -0.970. The van der Waals surface area contributed by atoms with Crippen molar-refractivity contribution in [2.45, 2.75) is 29.2 Å². The Bertz CT molecular complexity index is 516. The fourth-order valence-corrected chi connectivity index (χ4v) is 3.63. The first kappa shape index (κ1) is 12.1. The smallest absolute Gasteiger partial charge is 0.0766 e. The summed E-state index contributed by atoms with van der Waals surface area (Å²) in [5.74, 6) is 0. The molecule has 2 aromatic rings. The fraction of sp³-hybridized carbons (Fsp3) is 0.429. The molecule has 0 spiro atoms. The maximum atomic E-state index is 10.4. The monoisotopic (exact) mass is 262 g/mol. The third-order valence-electron chi connectivity index (χ3n) is 3.61. The highest BCUT2D eigenvalue weighted by Gasteiger charge is 2.35. The Morgan fingerprint density at radius 3 is 3.00 bits per heavy atom. The molecule has 1 aliphatic rings. The van der Waals surface area contributed by atoms with Gasteiger partial charge in [-0.05, 0) is 32.0 Å². The predicted molar refractivity (Wildman–Crippen MR) is 76.1 cm³/mol. The summed E-state index contributed by atoms with van der Waals surface area (Å²) < 4.78 is 0. The Labute approximate surface area is 111 Å². The molecule has 2 heterocycles. The van der Waals surface area contributed by atoms with Gasteiger partial charge in [-0.1, -0.05) is 18.2 Å². The van der Waals surface area contributed by atoms with Crippen molar-refractivity contribution >= 4 is 22.7 Å². The predicted octanol–water partition coefficient (Wildman–Crippen LogP) is 2.37. The molecule has 1 aromatic carbocycles.